The molecule has 0 aliphatic heterocycles. The van der Waals surface area contributed by atoms with Crippen molar-refractivity contribution in [1.29, 1.82) is 0 Å². The fourth-order valence-electron chi connectivity index (χ4n) is 6.96. The van der Waals surface area contributed by atoms with Crippen LogP contribution >= 0.6 is 0 Å². The Morgan fingerprint density at radius 2 is 0.481 bits per heavy atom. The van der Waals surface area contributed by atoms with Crippen molar-refractivity contribution in [2.75, 3.05) is 0 Å². The summed E-state index contributed by atoms with van der Waals surface area (Å²) in [6.07, 6.45) is 0. The zero-order chi connectivity index (χ0) is 36.1. The van der Waals surface area contributed by atoms with Gasteiger partial charge in [0.25, 0.3) is 0 Å². The molecule has 0 amide bonds. The van der Waals surface area contributed by atoms with E-state index in [2.05, 4.69) is 200 Å². The normalized spacial score (nSPS) is 11.0. The van der Waals surface area contributed by atoms with Crippen molar-refractivity contribution in [1.82, 2.24) is 15.0 Å². The van der Waals surface area contributed by atoms with E-state index >= 15 is 0 Å². The molecule has 1 aromatic heterocycles. The number of aromatic nitrogens is 3. The predicted molar refractivity (Wildman–Crippen MR) is 223 cm³/mol. The van der Waals surface area contributed by atoms with Gasteiger partial charge in [0, 0.05) is 16.7 Å². The first-order valence-corrected chi connectivity index (χ1v) is 18.2. The van der Waals surface area contributed by atoms with Crippen molar-refractivity contribution in [3.05, 3.63) is 212 Å². The van der Waals surface area contributed by atoms with Crippen molar-refractivity contribution >= 4 is 0 Å². The first kappa shape index (κ1) is 32.7. The van der Waals surface area contributed by atoms with Crippen molar-refractivity contribution in [2.24, 2.45) is 0 Å². The quantitative estimate of drug-likeness (QED) is 0.159. The maximum atomic E-state index is 5.13. The monoisotopic (exact) mass is 689 g/mol. The van der Waals surface area contributed by atoms with E-state index in [1.807, 2.05) is 12.1 Å². The van der Waals surface area contributed by atoms with Crippen LogP contribution in [-0.2, 0) is 0 Å². The molecule has 0 N–H and O–H groups in total. The molecule has 0 spiro atoms. The molecule has 9 rings (SSSR count). The predicted octanol–water partition coefficient (Wildman–Crippen LogP) is 13.2. The van der Waals surface area contributed by atoms with Crippen molar-refractivity contribution in [3.63, 3.8) is 0 Å². The summed E-state index contributed by atoms with van der Waals surface area (Å²) >= 11 is 0. The van der Waals surface area contributed by atoms with Gasteiger partial charge in [-0.1, -0.05) is 200 Å². The van der Waals surface area contributed by atoms with Crippen LogP contribution in [0.15, 0.2) is 212 Å². The lowest BCUT2D eigenvalue weighted by Gasteiger charge is -2.13. The van der Waals surface area contributed by atoms with E-state index < -0.39 is 0 Å². The van der Waals surface area contributed by atoms with Crippen LogP contribution in [0.25, 0.3) is 89.8 Å². The van der Waals surface area contributed by atoms with E-state index in [0.717, 1.165) is 50.1 Å². The molecule has 1 heterocycles. The van der Waals surface area contributed by atoms with E-state index in [0.29, 0.717) is 17.5 Å². The fourth-order valence-corrected chi connectivity index (χ4v) is 6.96. The summed E-state index contributed by atoms with van der Waals surface area (Å²) in [6.45, 7) is 0. The largest absolute Gasteiger partial charge is 0.208 e. The standard InChI is InChI=1S/C51H35N3/c1-4-14-36(15-5-1)38-26-28-39(29-27-38)40-30-32-42(33-31-40)49-52-50(45-22-12-20-43(34-45)37-16-6-2-7-17-37)54-51(53-49)46-23-13-21-44(35-46)48-25-11-10-24-47(48)41-18-8-3-9-19-41/h1-35H. The molecule has 3 nitrogen and oxygen atoms in total. The van der Waals surface area contributed by atoms with Crippen LogP contribution in [0.2, 0.25) is 0 Å². The molecule has 254 valence electrons. The molecule has 0 radical (unpaired) electrons. The van der Waals surface area contributed by atoms with Crippen molar-refractivity contribution in [2.45, 2.75) is 0 Å². The molecule has 3 heteroatoms. The van der Waals surface area contributed by atoms with Crippen LogP contribution in [-0.4, -0.2) is 15.0 Å². The number of hydrogen-bond acceptors (Lipinski definition) is 3. The first-order chi connectivity index (χ1) is 26.7. The summed E-state index contributed by atoms with van der Waals surface area (Å²) in [5.74, 6) is 1.88. The highest BCUT2D eigenvalue weighted by Crippen LogP contribution is 2.35. The van der Waals surface area contributed by atoms with E-state index in [4.69, 9.17) is 15.0 Å². The zero-order valence-corrected chi connectivity index (χ0v) is 29.5. The Morgan fingerprint density at radius 1 is 0.185 bits per heavy atom. The zero-order valence-electron chi connectivity index (χ0n) is 29.5. The lowest BCUT2D eigenvalue weighted by molar-refractivity contribution is 1.07. The molecule has 0 unspecified atom stereocenters. The van der Waals surface area contributed by atoms with Crippen LogP contribution in [0.4, 0.5) is 0 Å². The SMILES string of the molecule is c1ccc(-c2ccc(-c3ccc(-c4nc(-c5cccc(-c6ccccc6)c5)nc(-c5cccc(-c6ccccc6-c6ccccc6)c5)n4)cc3)cc2)cc1. The van der Waals surface area contributed by atoms with Crippen LogP contribution in [0.1, 0.15) is 0 Å². The fraction of sp³-hybridized carbons (Fsp3) is 0. The van der Waals surface area contributed by atoms with Gasteiger partial charge in [0.05, 0.1) is 0 Å². The average Bonchev–Trinajstić information content (AvgIpc) is 3.27. The molecule has 0 aliphatic rings. The van der Waals surface area contributed by atoms with Crippen LogP contribution < -0.4 is 0 Å². The molecule has 0 fully saturated rings. The summed E-state index contributed by atoms with van der Waals surface area (Å²) in [4.78, 5) is 15.3. The summed E-state index contributed by atoms with van der Waals surface area (Å²) in [5, 5.41) is 0. The third kappa shape index (κ3) is 6.87. The van der Waals surface area contributed by atoms with Crippen LogP contribution in [0.3, 0.4) is 0 Å². The maximum absolute atomic E-state index is 5.13. The van der Waals surface area contributed by atoms with E-state index in [1.54, 1.807) is 0 Å². The summed E-state index contributed by atoms with van der Waals surface area (Å²) in [5.41, 5.74) is 14.3. The van der Waals surface area contributed by atoms with Crippen LogP contribution in [0, 0.1) is 0 Å². The number of nitrogens with zero attached hydrogens (tertiary/aromatic N) is 3. The molecule has 0 bridgehead atoms. The Kier molecular flexibility index (Phi) is 8.94. The summed E-state index contributed by atoms with van der Waals surface area (Å²) < 4.78 is 0. The molecule has 0 aliphatic carbocycles. The van der Waals surface area contributed by atoms with E-state index in [9.17, 15) is 0 Å². The molecule has 8 aromatic carbocycles. The van der Waals surface area contributed by atoms with Crippen molar-refractivity contribution < 1.29 is 0 Å². The van der Waals surface area contributed by atoms with Gasteiger partial charge < -0.3 is 0 Å². The molecule has 0 saturated carbocycles. The third-order valence-electron chi connectivity index (χ3n) is 9.78. The minimum atomic E-state index is 0.625. The Hall–Kier alpha value is -7.23. The Balaban J connectivity index is 1.12. The second-order valence-electron chi connectivity index (χ2n) is 13.3. The Bertz CT molecular complexity index is 2670. The van der Waals surface area contributed by atoms with Gasteiger partial charge in [0.1, 0.15) is 0 Å². The van der Waals surface area contributed by atoms with E-state index in [-0.39, 0.29) is 0 Å². The first-order valence-electron chi connectivity index (χ1n) is 18.2. The molecule has 0 atom stereocenters. The Labute approximate surface area is 316 Å². The average molecular weight is 690 g/mol. The minimum Gasteiger partial charge on any atom is -0.208 e. The summed E-state index contributed by atoms with van der Waals surface area (Å²) in [6, 6.07) is 74.1. The highest BCUT2D eigenvalue weighted by molar-refractivity contribution is 5.85. The van der Waals surface area contributed by atoms with Gasteiger partial charge in [-0.3, -0.25) is 0 Å². The highest BCUT2D eigenvalue weighted by atomic mass is 15.0. The minimum absolute atomic E-state index is 0.625. The van der Waals surface area contributed by atoms with Gasteiger partial charge in [-0.25, -0.2) is 15.0 Å². The van der Waals surface area contributed by atoms with Gasteiger partial charge in [-0.15, -0.1) is 0 Å². The second-order valence-corrected chi connectivity index (χ2v) is 13.3. The molecular formula is C51H35N3. The Morgan fingerprint density at radius 3 is 0.981 bits per heavy atom. The molecule has 0 saturated heterocycles. The number of benzene rings is 8. The van der Waals surface area contributed by atoms with Gasteiger partial charge in [0.15, 0.2) is 17.5 Å². The molecule has 9 aromatic rings. The van der Waals surface area contributed by atoms with Gasteiger partial charge in [0.2, 0.25) is 0 Å². The topological polar surface area (TPSA) is 38.7 Å². The highest BCUT2D eigenvalue weighted by Gasteiger charge is 2.15. The number of hydrogen-bond donors (Lipinski definition) is 0. The second kappa shape index (κ2) is 14.8. The van der Waals surface area contributed by atoms with Gasteiger partial charge >= 0.3 is 0 Å². The lowest BCUT2D eigenvalue weighted by atomic mass is 9.94. The molecule has 54 heavy (non-hydrogen) atoms. The summed E-state index contributed by atoms with van der Waals surface area (Å²) in [7, 11) is 0. The maximum Gasteiger partial charge on any atom is 0.164 e. The van der Waals surface area contributed by atoms with E-state index in [1.165, 1.54) is 22.3 Å². The third-order valence-corrected chi connectivity index (χ3v) is 9.78. The van der Waals surface area contributed by atoms with Crippen LogP contribution in [0.5, 0.6) is 0 Å². The molecular weight excluding hydrogens is 655 g/mol. The lowest BCUT2D eigenvalue weighted by Crippen LogP contribution is -2.00. The smallest absolute Gasteiger partial charge is 0.164 e. The van der Waals surface area contributed by atoms with Gasteiger partial charge in [-0.2, -0.15) is 0 Å². The number of rotatable bonds is 8. The van der Waals surface area contributed by atoms with Crippen molar-refractivity contribution in [3.8, 4) is 89.8 Å². The van der Waals surface area contributed by atoms with Gasteiger partial charge in [-0.05, 0) is 67.8 Å².